The molecule has 144 valence electrons. The molecule has 1 atom stereocenters. The van der Waals surface area contributed by atoms with Crippen LogP contribution in [0.15, 0.2) is 30.3 Å². The number of fused-ring (bicyclic) bond motifs is 1. The van der Waals surface area contributed by atoms with Crippen LogP contribution in [0.5, 0.6) is 23.0 Å². The Labute approximate surface area is 158 Å². The van der Waals surface area contributed by atoms with Crippen molar-refractivity contribution in [2.24, 2.45) is 0 Å². The first kappa shape index (κ1) is 18.7. The zero-order valence-corrected chi connectivity index (χ0v) is 16.2. The van der Waals surface area contributed by atoms with Gasteiger partial charge in [-0.2, -0.15) is 0 Å². The number of carbonyl (C=O) groups is 1. The molecule has 7 nitrogen and oxygen atoms in total. The minimum absolute atomic E-state index is 0.106. The van der Waals surface area contributed by atoms with Crippen molar-refractivity contribution >= 4 is 17.4 Å². The van der Waals surface area contributed by atoms with Gasteiger partial charge in [-0.1, -0.05) is 6.07 Å². The number of ether oxygens (including phenoxy) is 4. The van der Waals surface area contributed by atoms with Crippen LogP contribution in [0.1, 0.15) is 12.5 Å². The molecule has 0 aliphatic carbocycles. The number of anilines is 2. The monoisotopic (exact) mass is 372 g/mol. The summed E-state index contributed by atoms with van der Waals surface area (Å²) in [7, 11) is 4.60. The molecule has 1 unspecified atom stereocenters. The van der Waals surface area contributed by atoms with Crippen molar-refractivity contribution in [2.45, 2.75) is 20.0 Å². The lowest BCUT2D eigenvalue weighted by Gasteiger charge is -2.33. The van der Waals surface area contributed by atoms with Crippen LogP contribution in [0, 0.1) is 6.92 Å². The standard InChI is InChI=1S/C20H24N2O5/c1-12-6-7-16-15(8-12)22(11-13(2)27-16)20(23)21-14-9-17(24-3)19(26-5)18(10-14)25-4/h6-10,13H,11H2,1-5H3,(H,21,23). The fourth-order valence-corrected chi connectivity index (χ4v) is 3.08. The summed E-state index contributed by atoms with van der Waals surface area (Å²) in [6.45, 7) is 4.36. The van der Waals surface area contributed by atoms with Crippen molar-refractivity contribution in [3.63, 3.8) is 0 Å². The Morgan fingerprint density at radius 3 is 2.37 bits per heavy atom. The van der Waals surface area contributed by atoms with Gasteiger partial charge in [-0.3, -0.25) is 4.90 Å². The summed E-state index contributed by atoms with van der Waals surface area (Å²) < 4.78 is 21.9. The van der Waals surface area contributed by atoms with Crippen LogP contribution in [0.4, 0.5) is 16.2 Å². The molecule has 0 radical (unpaired) electrons. The SMILES string of the molecule is COc1cc(NC(=O)N2CC(C)Oc3ccc(C)cc32)cc(OC)c1OC. The molecule has 1 aliphatic rings. The molecule has 0 spiro atoms. The van der Waals surface area contributed by atoms with E-state index in [1.165, 1.54) is 21.3 Å². The molecule has 1 N–H and O–H groups in total. The Bertz CT molecular complexity index is 827. The maximum Gasteiger partial charge on any atom is 0.326 e. The first-order valence-electron chi connectivity index (χ1n) is 8.62. The average molecular weight is 372 g/mol. The Hall–Kier alpha value is -3.09. The molecular weight excluding hydrogens is 348 g/mol. The number of methoxy groups -OCH3 is 3. The van der Waals surface area contributed by atoms with Gasteiger partial charge in [0.2, 0.25) is 5.75 Å². The molecule has 2 aromatic rings. The predicted octanol–water partition coefficient (Wildman–Crippen LogP) is 3.84. The maximum absolute atomic E-state index is 13.0. The highest BCUT2D eigenvalue weighted by Gasteiger charge is 2.28. The lowest BCUT2D eigenvalue weighted by Crippen LogP contribution is -2.44. The van der Waals surface area contributed by atoms with E-state index in [0.29, 0.717) is 35.2 Å². The summed E-state index contributed by atoms with van der Waals surface area (Å²) in [6, 6.07) is 8.93. The fourth-order valence-electron chi connectivity index (χ4n) is 3.08. The first-order chi connectivity index (χ1) is 13.0. The van der Waals surface area contributed by atoms with Crippen LogP contribution in [-0.2, 0) is 0 Å². The minimum atomic E-state index is -0.258. The minimum Gasteiger partial charge on any atom is -0.493 e. The summed E-state index contributed by atoms with van der Waals surface area (Å²) in [6.07, 6.45) is -0.106. The van der Waals surface area contributed by atoms with Gasteiger partial charge in [0.1, 0.15) is 11.9 Å². The van der Waals surface area contributed by atoms with Crippen LogP contribution >= 0.6 is 0 Å². The van der Waals surface area contributed by atoms with E-state index < -0.39 is 0 Å². The molecule has 2 aromatic carbocycles. The molecule has 0 saturated heterocycles. The molecule has 0 aromatic heterocycles. The topological polar surface area (TPSA) is 69.3 Å². The molecule has 0 fully saturated rings. The lowest BCUT2D eigenvalue weighted by molar-refractivity contribution is 0.208. The highest BCUT2D eigenvalue weighted by atomic mass is 16.5. The van der Waals surface area contributed by atoms with E-state index in [1.54, 1.807) is 17.0 Å². The Morgan fingerprint density at radius 2 is 1.78 bits per heavy atom. The fraction of sp³-hybridized carbons (Fsp3) is 0.350. The van der Waals surface area contributed by atoms with Crippen LogP contribution < -0.4 is 29.2 Å². The van der Waals surface area contributed by atoms with Gasteiger partial charge in [-0.25, -0.2) is 4.79 Å². The van der Waals surface area contributed by atoms with Crippen molar-refractivity contribution in [3.05, 3.63) is 35.9 Å². The van der Waals surface area contributed by atoms with Crippen molar-refractivity contribution in [1.82, 2.24) is 0 Å². The number of nitrogens with one attached hydrogen (secondary N) is 1. The number of aryl methyl sites for hydroxylation is 1. The summed E-state index contributed by atoms with van der Waals surface area (Å²) >= 11 is 0. The van der Waals surface area contributed by atoms with Gasteiger partial charge in [-0.05, 0) is 31.5 Å². The summed E-state index contributed by atoms with van der Waals surface area (Å²) in [5, 5.41) is 2.91. The van der Waals surface area contributed by atoms with Gasteiger partial charge in [0.15, 0.2) is 11.5 Å². The van der Waals surface area contributed by atoms with Crippen molar-refractivity contribution in [3.8, 4) is 23.0 Å². The Kier molecular flexibility index (Phi) is 5.30. The Balaban J connectivity index is 1.91. The average Bonchev–Trinajstić information content (AvgIpc) is 2.66. The van der Waals surface area contributed by atoms with E-state index in [9.17, 15) is 4.79 Å². The van der Waals surface area contributed by atoms with Crippen LogP contribution in [0.3, 0.4) is 0 Å². The third kappa shape index (κ3) is 3.72. The van der Waals surface area contributed by atoms with Crippen LogP contribution in [0.25, 0.3) is 0 Å². The van der Waals surface area contributed by atoms with Crippen molar-refractivity contribution < 1.29 is 23.7 Å². The smallest absolute Gasteiger partial charge is 0.326 e. The van der Waals surface area contributed by atoms with E-state index in [2.05, 4.69) is 5.32 Å². The number of carbonyl (C=O) groups excluding carboxylic acids is 1. The highest BCUT2D eigenvalue weighted by Crippen LogP contribution is 2.40. The molecule has 1 heterocycles. The molecule has 27 heavy (non-hydrogen) atoms. The molecule has 2 amide bonds. The lowest BCUT2D eigenvalue weighted by atomic mass is 10.1. The van der Waals surface area contributed by atoms with Gasteiger partial charge in [0, 0.05) is 12.1 Å². The summed E-state index contributed by atoms with van der Waals surface area (Å²) in [5.74, 6) is 2.11. The van der Waals surface area contributed by atoms with Crippen LogP contribution in [-0.4, -0.2) is 40.0 Å². The first-order valence-corrected chi connectivity index (χ1v) is 8.62. The molecule has 0 saturated carbocycles. The zero-order valence-electron chi connectivity index (χ0n) is 16.2. The number of benzene rings is 2. The number of hydrogen-bond donors (Lipinski definition) is 1. The molecule has 1 aliphatic heterocycles. The largest absolute Gasteiger partial charge is 0.493 e. The predicted molar refractivity (Wildman–Crippen MR) is 104 cm³/mol. The highest BCUT2D eigenvalue weighted by molar-refractivity contribution is 6.03. The number of amides is 2. The van der Waals surface area contributed by atoms with Gasteiger partial charge < -0.3 is 24.3 Å². The number of hydrogen-bond acceptors (Lipinski definition) is 5. The Morgan fingerprint density at radius 1 is 1.11 bits per heavy atom. The van der Waals surface area contributed by atoms with Gasteiger partial charge >= 0.3 is 6.03 Å². The third-order valence-electron chi connectivity index (χ3n) is 4.33. The quantitative estimate of drug-likeness (QED) is 0.883. The summed E-state index contributed by atoms with van der Waals surface area (Å²) in [5.41, 5.74) is 2.35. The third-order valence-corrected chi connectivity index (χ3v) is 4.33. The molecule has 7 heteroatoms. The number of nitrogens with zero attached hydrogens (tertiary/aromatic N) is 1. The van der Waals surface area contributed by atoms with Crippen molar-refractivity contribution in [1.29, 1.82) is 0 Å². The molecular formula is C20H24N2O5. The molecule has 0 bridgehead atoms. The van der Waals surface area contributed by atoms with Crippen LogP contribution in [0.2, 0.25) is 0 Å². The van der Waals surface area contributed by atoms with Gasteiger partial charge in [0.25, 0.3) is 0 Å². The second-order valence-corrected chi connectivity index (χ2v) is 6.35. The molecule has 3 rings (SSSR count). The van der Waals surface area contributed by atoms with E-state index >= 15 is 0 Å². The van der Waals surface area contributed by atoms with E-state index in [1.807, 2.05) is 32.0 Å². The number of urea groups is 1. The van der Waals surface area contributed by atoms with E-state index in [0.717, 1.165) is 11.3 Å². The van der Waals surface area contributed by atoms with E-state index in [4.69, 9.17) is 18.9 Å². The normalized spacial score (nSPS) is 15.4. The van der Waals surface area contributed by atoms with Gasteiger partial charge in [0.05, 0.1) is 39.2 Å². The zero-order chi connectivity index (χ0) is 19.6. The number of rotatable bonds is 4. The van der Waals surface area contributed by atoms with E-state index in [-0.39, 0.29) is 12.1 Å². The maximum atomic E-state index is 13.0. The second kappa shape index (κ2) is 7.65. The van der Waals surface area contributed by atoms with Crippen molar-refractivity contribution in [2.75, 3.05) is 38.1 Å². The second-order valence-electron chi connectivity index (χ2n) is 6.35. The van der Waals surface area contributed by atoms with Gasteiger partial charge in [-0.15, -0.1) is 0 Å². The summed E-state index contributed by atoms with van der Waals surface area (Å²) in [4.78, 5) is 14.7.